The van der Waals surface area contributed by atoms with Gasteiger partial charge in [0.05, 0.1) is 0 Å². The molecule has 0 aromatic heterocycles. The van der Waals surface area contributed by atoms with E-state index in [4.69, 9.17) is 5.73 Å². The average Bonchev–Trinajstić information content (AvgIpc) is 1.61. The minimum absolute atomic E-state index is 0.733. The fraction of sp³-hybridized carbons (Fsp3) is 0.750. The van der Waals surface area contributed by atoms with E-state index in [1.54, 1.807) is 0 Å². The van der Waals surface area contributed by atoms with Gasteiger partial charge in [0.1, 0.15) is 6.73 Å². The van der Waals surface area contributed by atoms with Gasteiger partial charge in [-0.1, -0.05) is 6.92 Å². The van der Waals surface area contributed by atoms with Gasteiger partial charge < -0.3 is 10.5 Å². The summed E-state index contributed by atoms with van der Waals surface area (Å²) in [6, 6.07) is 0. The van der Waals surface area contributed by atoms with Crippen LogP contribution in [-0.2, 0) is 4.74 Å². The Kier molecular flexibility index (Phi) is 4.85. The van der Waals surface area contributed by atoms with Gasteiger partial charge in [-0.2, -0.15) is 0 Å². The zero-order chi connectivity index (χ0) is 4.83. The Labute approximate surface area is 38.3 Å². The highest BCUT2D eigenvalue weighted by Crippen LogP contribution is 1.76. The van der Waals surface area contributed by atoms with Crippen LogP contribution in [0.4, 0.5) is 0 Å². The van der Waals surface area contributed by atoms with E-state index < -0.39 is 0 Å². The number of rotatable bonds is 3. The van der Waals surface area contributed by atoms with Gasteiger partial charge in [-0.25, -0.2) is 0 Å². The van der Waals surface area contributed by atoms with Crippen LogP contribution in [0, 0.1) is 6.73 Å². The molecule has 0 aliphatic heterocycles. The standard InChI is InChI=1S/C4H10NO/c1-2-3-6-4-5/h4H,2-3,5H2,1H3. The maximum atomic E-state index is 4.87. The van der Waals surface area contributed by atoms with Gasteiger partial charge >= 0.3 is 0 Å². The fourth-order valence-corrected chi connectivity index (χ4v) is 0.186. The van der Waals surface area contributed by atoms with E-state index in [9.17, 15) is 0 Å². The molecule has 2 heteroatoms. The Hall–Kier alpha value is -0.0800. The first kappa shape index (κ1) is 5.92. The molecule has 0 saturated carbocycles. The number of nitrogens with two attached hydrogens (primary N) is 1. The third-order valence-electron chi connectivity index (χ3n) is 0.418. The van der Waals surface area contributed by atoms with Crippen molar-refractivity contribution in [2.75, 3.05) is 6.61 Å². The zero-order valence-electron chi connectivity index (χ0n) is 3.98. The summed E-state index contributed by atoms with van der Waals surface area (Å²) >= 11 is 0. The van der Waals surface area contributed by atoms with Crippen molar-refractivity contribution in [2.24, 2.45) is 5.73 Å². The molecule has 0 aromatic rings. The van der Waals surface area contributed by atoms with Gasteiger partial charge in [0.2, 0.25) is 0 Å². The smallest absolute Gasteiger partial charge is 0.145 e. The van der Waals surface area contributed by atoms with Gasteiger partial charge in [-0.15, -0.1) is 0 Å². The molecule has 0 saturated heterocycles. The molecule has 0 aliphatic carbocycles. The van der Waals surface area contributed by atoms with E-state index in [2.05, 4.69) is 4.74 Å². The van der Waals surface area contributed by atoms with Crippen LogP contribution in [0.5, 0.6) is 0 Å². The lowest BCUT2D eigenvalue weighted by Gasteiger charge is -1.90. The highest BCUT2D eigenvalue weighted by atomic mass is 16.5. The Bertz CT molecular complexity index is 19.5. The second-order valence-electron chi connectivity index (χ2n) is 1.01. The Balaban J connectivity index is 2.34. The van der Waals surface area contributed by atoms with Crippen molar-refractivity contribution in [1.29, 1.82) is 0 Å². The minimum Gasteiger partial charge on any atom is -0.359 e. The molecule has 1 radical (unpaired) electrons. The van der Waals surface area contributed by atoms with Gasteiger partial charge in [-0.3, -0.25) is 0 Å². The van der Waals surface area contributed by atoms with Crippen molar-refractivity contribution in [1.82, 2.24) is 0 Å². The molecule has 0 spiro atoms. The van der Waals surface area contributed by atoms with Crippen LogP contribution in [0.3, 0.4) is 0 Å². The number of hydrogen-bond donors (Lipinski definition) is 1. The summed E-state index contributed by atoms with van der Waals surface area (Å²) in [7, 11) is 0. The number of hydrogen-bond acceptors (Lipinski definition) is 2. The topological polar surface area (TPSA) is 35.2 Å². The van der Waals surface area contributed by atoms with E-state index in [0.29, 0.717) is 0 Å². The summed E-state index contributed by atoms with van der Waals surface area (Å²) in [5.74, 6) is 0. The van der Waals surface area contributed by atoms with Crippen molar-refractivity contribution in [2.45, 2.75) is 13.3 Å². The molecular formula is C4H10NO. The first-order valence-electron chi connectivity index (χ1n) is 2.06. The lowest BCUT2D eigenvalue weighted by molar-refractivity contribution is 0.200. The maximum Gasteiger partial charge on any atom is 0.145 e. The minimum atomic E-state index is 0.733. The second kappa shape index (κ2) is 4.92. The Morgan fingerprint density at radius 2 is 2.50 bits per heavy atom. The molecule has 0 aromatic carbocycles. The van der Waals surface area contributed by atoms with Crippen LogP contribution in [0.1, 0.15) is 13.3 Å². The molecule has 0 amide bonds. The molecule has 2 N–H and O–H groups in total. The van der Waals surface area contributed by atoms with Crippen LogP contribution in [0.15, 0.2) is 0 Å². The molecule has 2 nitrogen and oxygen atoms in total. The van der Waals surface area contributed by atoms with Crippen LogP contribution in [-0.4, -0.2) is 6.61 Å². The monoisotopic (exact) mass is 88.1 g/mol. The highest BCUT2D eigenvalue weighted by Gasteiger charge is 1.73. The molecule has 37 valence electrons. The normalized spacial score (nSPS) is 9.00. The van der Waals surface area contributed by atoms with E-state index >= 15 is 0 Å². The molecule has 0 unspecified atom stereocenters. The third-order valence-corrected chi connectivity index (χ3v) is 0.418. The van der Waals surface area contributed by atoms with E-state index in [-0.39, 0.29) is 0 Å². The summed E-state index contributed by atoms with van der Waals surface area (Å²) in [6.45, 7) is 3.98. The average molecular weight is 88.1 g/mol. The third kappa shape index (κ3) is 3.92. The van der Waals surface area contributed by atoms with Gasteiger partial charge in [-0.05, 0) is 6.42 Å². The van der Waals surface area contributed by atoms with E-state index in [0.717, 1.165) is 13.0 Å². The van der Waals surface area contributed by atoms with Crippen LogP contribution < -0.4 is 5.73 Å². The summed E-state index contributed by atoms with van der Waals surface area (Å²) < 4.78 is 4.64. The second-order valence-corrected chi connectivity index (χ2v) is 1.01. The van der Waals surface area contributed by atoms with Crippen molar-refractivity contribution in [3.05, 3.63) is 6.73 Å². The van der Waals surface area contributed by atoms with Crippen LogP contribution >= 0.6 is 0 Å². The summed E-state index contributed by atoms with van der Waals surface area (Å²) in [6.07, 6.45) is 1.02. The lowest BCUT2D eigenvalue weighted by atomic mass is 10.5. The van der Waals surface area contributed by atoms with Gasteiger partial charge in [0.25, 0.3) is 0 Å². The highest BCUT2D eigenvalue weighted by molar-refractivity contribution is 4.29. The molecule has 6 heavy (non-hydrogen) atoms. The van der Waals surface area contributed by atoms with Crippen molar-refractivity contribution in [3.63, 3.8) is 0 Å². The Morgan fingerprint density at radius 3 is 2.67 bits per heavy atom. The summed E-state index contributed by atoms with van der Waals surface area (Å²) in [4.78, 5) is 0. The summed E-state index contributed by atoms with van der Waals surface area (Å²) in [5.41, 5.74) is 4.87. The van der Waals surface area contributed by atoms with Crippen LogP contribution in [0.25, 0.3) is 0 Å². The molecule has 0 heterocycles. The predicted molar refractivity (Wildman–Crippen MR) is 24.7 cm³/mol. The van der Waals surface area contributed by atoms with E-state index in [1.807, 2.05) is 6.92 Å². The molecule has 0 atom stereocenters. The molecule has 0 rings (SSSR count). The predicted octanol–water partition coefficient (Wildman–Crippen LogP) is 0.491. The quantitative estimate of drug-likeness (QED) is 0.509. The molecule has 0 bridgehead atoms. The van der Waals surface area contributed by atoms with Crippen molar-refractivity contribution < 1.29 is 4.74 Å². The first-order chi connectivity index (χ1) is 2.91. The number of ether oxygens (including phenoxy) is 1. The molecule has 0 fully saturated rings. The lowest BCUT2D eigenvalue weighted by Crippen LogP contribution is -1.96. The first-order valence-corrected chi connectivity index (χ1v) is 2.06. The van der Waals surface area contributed by atoms with E-state index in [1.165, 1.54) is 6.73 Å². The van der Waals surface area contributed by atoms with Crippen molar-refractivity contribution in [3.8, 4) is 0 Å². The van der Waals surface area contributed by atoms with Gasteiger partial charge in [0, 0.05) is 6.61 Å². The maximum absolute atomic E-state index is 4.87. The summed E-state index contributed by atoms with van der Waals surface area (Å²) in [5, 5.41) is 0. The fourth-order valence-electron chi connectivity index (χ4n) is 0.186. The van der Waals surface area contributed by atoms with Gasteiger partial charge in [0.15, 0.2) is 0 Å². The Morgan fingerprint density at radius 1 is 1.83 bits per heavy atom. The largest absolute Gasteiger partial charge is 0.359 e. The molecule has 0 aliphatic rings. The molecular weight excluding hydrogens is 78.1 g/mol. The van der Waals surface area contributed by atoms with Crippen LogP contribution in [0.2, 0.25) is 0 Å². The zero-order valence-corrected chi connectivity index (χ0v) is 3.98. The van der Waals surface area contributed by atoms with Crippen molar-refractivity contribution >= 4 is 0 Å². The SMILES string of the molecule is CCCO[CH]N.